The van der Waals surface area contributed by atoms with Crippen molar-refractivity contribution in [2.24, 2.45) is 0 Å². The molecule has 22 heavy (non-hydrogen) atoms. The van der Waals surface area contributed by atoms with Gasteiger partial charge in [-0.2, -0.15) is 13.7 Å². The lowest BCUT2D eigenvalue weighted by Crippen LogP contribution is -2.03. The van der Waals surface area contributed by atoms with Crippen molar-refractivity contribution in [3.8, 4) is 6.07 Å². The average molecular weight is 318 g/mol. The van der Waals surface area contributed by atoms with Crippen molar-refractivity contribution in [1.29, 1.82) is 5.26 Å². The molecule has 0 aliphatic heterocycles. The Bertz CT molecular complexity index is 784. The topological polar surface area (TPSA) is 72.1 Å². The molecule has 1 aromatic heterocycles. The van der Waals surface area contributed by atoms with Crippen molar-refractivity contribution in [1.82, 2.24) is 4.57 Å². The van der Waals surface area contributed by atoms with Gasteiger partial charge in [0.15, 0.2) is 0 Å². The van der Waals surface area contributed by atoms with Crippen LogP contribution in [0.1, 0.15) is 22.4 Å². The SMILES string of the molecule is Cc1cc(C#N)cn1CCc1ccc(COS(C)(=O)=O)cc1. The molecule has 5 nitrogen and oxygen atoms in total. The van der Waals surface area contributed by atoms with E-state index in [0.717, 1.165) is 36.0 Å². The van der Waals surface area contributed by atoms with Crippen molar-refractivity contribution in [3.05, 3.63) is 58.9 Å². The molecule has 0 spiro atoms. The summed E-state index contributed by atoms with van der Waals surface area (Å²) in [6.45, 7) is 2.83. The number of hydrogen-bond acceptors (Lipinski definition) is 4. The normalized spacial score (nSPS) is 11.3. The Morgan fingerprint density at radius 3 is 2.41 bits per heavy atom. The fourth-order valence-corrected chi connectivity index (χ4v) is 2.49. The van der Waals surface area contributed by atoms with Gasteiger partial charge in [-0.25, -0.2) is 0 Å². The summed E-state index contributed by atoms with van der Waals surface area (Å²) in [6, 6.07) is 11.7. The van der Waals surface area contributed by atoms with Gasteiger partial charge in [0.1, 0.15) is 6.07 Å². The number of nitrogens with zero attached hydrogens (tertiary/aromatic N) is 2. The van der Waals surface area contributed by atoms with Crippen LogP contribution < -0.4 is 0 Å². The second-order valence-corrected chi connectivity index (χ2v) is 6.85. The van der Waals surface area contributed by atoms with Gasteiger partial charge in [0, 0.05) is 18.4 Å². The molecule has 0 unspecified atom stereocenters. The van der Waals surface area contributed by atoms with Crippen LogP contribution >= 0.6 is 0 Å². The number of rotatable bonds is 6. The van der Waals surface area contributed by atoms with Gasteiger partial charge in [-0.3, -0.25) is 4.18 Å². The van der Waals surface area contributed by atoms with Gasteiger partial charge < -0.3 is 4.57 Å². The van der Waals surface area contributed by atoms with E-state index in [9.17, 15) is 8.42 Å². The van der Waals surface area contributed by atoms with E-state index < -0.39 is 10.1 Å². The molecule has 2 aromatic rings. The molecular weight excluding hydrogens is 300 g/mol. The van der Waals surface area contributed by atoms with Crippen LogP contribution in [0.25, 0.3) is 0 Å². The van der Waals surface area contributed by atoms with Crippen LogP contribution in [0.4, 0.5) is 0 Å². The molecule has 116 valence electrons. The first kappa shape index (κ1) is 16.3. The number of benzene rings is 1. The molecule has 0 bridgehead atoms. The zero-order valence-electron chi connectivity index (χ0n) is 12.6. The lowest BCUT2D eigenvalue weighted by molar-refractivity contribution is 0.311. The Labute approximate surface area is 130 Å². The van der Waals surface area contributed by atoms with Crippen LogP contribution in [-0.4, -0.2) is 19.2 Å². The van der Waals surface area contributed by atoms with Crippen LogP contribution in [0, 0.1) is 18.3 Å². The van der Waals surface area contributed by atoms with Crippen molar-refractivity contribution in [2.75, 3.05) is 6.26 Å². The number of aromatic nitrogens is 1. The quantitative estimate of drug-likeness (QED) is 0.767. The van der Waals surface area contributed by atoms with E-state index in [4.69, 9.17) is 9.44 Å². The van der Waals surface area contributed by atoms with Crippen molar-refractivity contribution < 1.29 is 12.6 Å². The summed E-state index contributed by atoms with van der Waals surface area (Å²) in [4.78, 5) is 0. The minimum Gasteiger partial charge on any atom is -0.350 e. The van der Waals surface area contributed by atoms with E-state index in [1.807, 2.05) is 43.5 Å². The second kappa shape index (κ2) is 6.77. The highest BCUT2D eigenvalue weighted by molar-refractivity contribution is 7.85. The maximum absolute atomic E-state index is 10.9. The average Bonchev–Trinajstić information content (AvgIpc) is 2.84. The largest absolute Gasteiger partial charge is 0.350 e. The molecule has 6 heteroatoms. The van der Waals surface area contributed by atoms with Crippen molar-refractivity contribution in [3.63, 3.8) is 0 Å². The Hall–Kier alpha value is -2.10. The smallest absolute Gasteiger partial charge is 0.264 e. The fourth-order valence-electron chi connectivity index (χ4n) is 2.14. The highest BCUT2D eigenvalue weighted by Crippen LogP contribution is 2.11. The molecule has 0 amide bonds. The monoisotopic (exact) mass is 318 g/mol. The molecule has 0 aliphatic rings. The lowest BCUT2D eigenvalue weighted by Gasteiger charge is -2.07. The molecule has 2 rings (SSSR count). The summed E-state index contributed by atoms with van der Waals surface area (Å²) in [6.07, 6.45) is 3.73. The van der Waals surface area contributed by atoms with E-state index >= 15 is 0 Å². The van der Waals surface area contributed by atoms with Gasteiger partial charge in [-0.1, -0.05) is 24.3 Å². The lowest BCUT2D eigenvalue weighted by atomic mass is 10.1. The first-order valence-electron chi connectivity index (χ1n) is 6.86. The fraction of sp³-hybridized carbons (Fsp3) is 0.312. The van der Waals surface area contributed by atoms with Crippen molar-refractivity contribution >= 4 is 10.1 Å². The molecular formula is C16H18N2O3S. The Morgan fingerprint density at radius 1 is 1.23 bits per heavy atom. The van der Waals surface area contributed by atoms with E-state index in [1.165, 1.54) is 0 Å². The minimum absolute atomic E-state index is 0.0569. The van der Waals surface area contributed by atoms with Gasteiger partial charge in [0.2, 0.25) is 0 Å². The first-order valence-corrected chi connectivity index (χ1v) is 8.68. The summed E-state index contributed by atoms with van der Waals surface area (Å²) >= 11 is 0. The molecule has 0 fully saturated rings. The van der Waals surface area contributed by atoms with Crippen LogP contribution in [-0.2, 0) is 33.9 Å². The van der Waals surface area contributed by atoms with E-state index in [-0.39, 0.29) is 6.61 Å². The predicted octanol–water partition coefficient (Wildman–Crippen LogP) is 2.39. The van der Waals surface area contributed by atoms with Crippen LogP contribution in [0.15, 0.2) is 36.5 Å². The zero-order chi connectivity index (χ0) is 16.2. The Morgan fingerprint density at radius 2 is 1.86 bits per heavy atom. The molecule has 1 heterocycles. The summed E-state index contributed by atoms with van der Waals surface area (Å²) in [5.41, 5.74) is 3.70. The standard InChI is InChI=1S/C16H18N2O3S/c1-13-9-16(10-17)11-18(13)8-7-14-3-5-15(6-4-14)12-21-22(2,19)20/h3-6,9,11H,7-8,12H2,1-2H3. The van der Waals surface area contributed by atoms with Gasteiger partial charge in [-0.15, -0.1) is 0 Å². The molecule has 0 N–H and O–H groups in total. The Kier molecular flexibility index (Phi) is 5.01. The highest BCUT2D eigenvalue weighted by atomic mass is 32.2. The van der Waals surface area contributed by atoms with E-state index in [0.29, 0.717) is 5.56 Å². The van der Waals surface area contributed by atoms with Crippen LogP contribution in [0.3, 0.4) is 0 Å². The maximum atomic E-state index is 10.9. The third-order valence-electron chi connectivity index (χ3n) is 3.35. The van der Waals surface area contributed by atoms with Gasteiger partial charge in [0.05, 0.1) is 18.4 Å². The van der Waals surface area contributed by atoms with Gasteiger partial charge >= 0.3 is 0 Å². The number of aryl methyl sites for hydroxylation is 3. The molecule has 0 atom stereocenters. The number of hydrogen-bond donors (Lipinski definition) is 0. The molecule has 0 saturated carbocycles. The molecule has 0 saturated heterocycles. The summed E-state index contributed by atoms with van der Waals surface area (Å²) in [7, 11) is -3.41. The van der Waals surface area contributed by atoms with Crippen LogP contribution in [0.5, 0.6) is 0 Å². The highest BCUT2D eigenvalue weighted by Gasteiger charge is 2.04. The van der Waals surface area contributed by atoms with E-state index in [2.05, 4.69) is 10.6 Å². The molecule has 1 aromatic carbocycles. The van der Waals surface area contributed by atoms with Gasteiger partial charge in [-0.05, 0) is 30.5 Å². The first-order chi connectivity index (χ1) is 10.4. The van der Waals surface area contributed by atoms with Crippen molar-refractivity contribution in [2.45, 2.75) is 26.5 Å². The predicted molar refractivity (Wildman–Crippen MR) is 83.7 cm³/mol. The summed E-state index contributed by atoms with van der Waals surface area (Å²) < 4.78 is 28.7. The summed E-state index contributed by atoms with van der Waals surface area (Å²) in [5.74, 6) is 0. The van der Waals surface area contributed by atoms with E-state index in [1.54, 1.807) is 0 Å². The minimum atomic E-state index is -3.41. The second-order valence-electron chi connectivity index (χ2n) is 5.21. The molecule has 0 radical (unpaired) electrons. The third-order valence-corrected chi connectivity index (χ3v) is 3.89. The maximum Gasteiger partial charge on any atom is 0.264 e. The van der Waals surface area contributed by atoms with Gasteiger partial charge in [0.25, 0.3) is 10.1 Å². The molecule has 0 aliphatic carbocycles. The zero-order valence-corrected chi connectivity index (χ0v) is 13.4. The third kappa shape index (κ3) is 4.72. The summed E-state index contributed by atoms with van der Waals surface area (Å²) in [5, 5.41) is 8.88. The number of nitriles is 1. The Balaban J connectivity index is 1.94. The van der Waals surface area contributed by atoms with Crippen LogP contribution in [0.2, 0.25) is 0 Å².